The monoisotopic (exact) mass is 886 g/mol. The van der Waals surface area contributed by atoms with Crippen molar-refractivity contribution in [2.75, 3.05) is 9.80 Å². The second-order valence-corrected chi connectivity index (χ2v) is 31.2. The molecule has 0 heterocycles. The largest absolute Gasteiger partial charge is 0.310 e. The quantitative estimate of drug-likeness (QED) is 0.111. The molecule has 66 heavy (non-hydrogen) atoms. The lowest BCUT2D eigenvalue weighted by molar-refractivity contribution is 0.645. The average molecular weight is 887 g/mol. The number of hydrogen-bond acceptors (Lipinski definition) is 2. The zero-order chi connectivity index (χ0) is 45.7. The third kappa shape index (κ3) is 6.80. The number of fused-ring (bicyclic) bond motifs is 6. The molecular weight excluding hydrogens is 829 g/mol. The lowest BCUT2D eigenvalue weighted by Crippen LogP contribution is -2.37. The van der Waals surface area contributed by atoms with Crippen LogP contribution in [0.2, 0.25) is 39.3 Å². The van der Waals surface area contributed by atoms with Crippen molar-refractivity contribution in [2.24, 2.45) is 0 Å². The normalized spacial score (nSPS) is 13.3. The van der Waals surface area contributed by atoms with Gasteiger partial charge in [-0.3, -0.25) is 0 Å². The van der Waals surface area contributed by atoms with Gasteiger partial charge < -0.3 is 9.80 Å². The Bertz CT molecular complexity index is 3520. The van der Waals surface area contributed by atoms with E-state index >= 15 is 0 Å². The first kappa shape index (κ1) is 41.9. The molecule has 1 aliphatic carbocycles. The van der Waals surface area contributed by atoms with E-state index in [9.17, 15) is 0 Å². The van der Waals surface area contributed by atoms with Crippen LogP contribution in [0.3, 0.4) is 0 Å². The van der Waals surface area contributed by atoms with Crippen LogP contribution in [-0.2, 0) is 5.41 Å². The van der Waals surface area contributed by atoms with Gasteiger partial charge in [0.15, 0.2) is 0 Å². The average Bonchev–Trinajstić information content (AvgIpc) is 3.31. The number of benzene rings is 10. The molecule has 10 aromatic carbocycles. The van der Waals surface area contributed by atoms with Crippen LogP contribution in [0, 0.1) is 6.92 Å². The van der Waals surface area contributed by atoms with Crippen LogP contribution in [0.4, 0.5) is 34.1 Å². The summed E-state index contributed by atoms with van der Waals surface area (Å²) in [5, 5.41) is 13.1. The molecule has 11 rings (SSSR count). The van der Waals surface area contributed by atoms with Crippen molar-refractivity contribution in [3.8, 4) is 11.1 Å². The maximum atomic E-state index is 2.49. The van der Waals surface area contributed by atoms with E-state index in [4.69, 9.17) is 0 Å². The molecule has 0 aromatic heterocycles. The summed E-state index contributed by atoms with van der Waals surface area (Å²) in [6, 6.07) is 71.3. The molecule has 0 unspecified atom stereocenters. The summed E-state index contributed by atoms with van der Waals surface area (Å²) >= 11 is 0. The van der Waals surface area contributed by atoms with E-state index in [0.29, 0.717) is 0 Å². The Hall–Kier alpha value is -6.73. The maximum Gasteiger partial charge on any atom is 0.0775 e. The SMILES string of the molecule is Cc1c2c3c(cccc3c3cc(N(c4ccc([Si](C)(C)C)cc4)c4cccc5ccccc45)ccc13)C(C)(C)c1cc(N(c3ccc([Si](C)(C)C)cc3)c3cccc4ccccc34)ccc1-2. The molecule has 0 amide bonds. The molecule has 0 N–H and O–H groups in total. The van der Waals surface area contributed by atoms with Crippen molar-refractivity contribution in [3.63, 3.8) is 0 Å². The van der Waals surface area contributed by atoms with Gasteiger partial charge in [0.1, 0.15) is 0 Å². The smallest absolute Gasteiger partial charge is 0.0775 e. The van der Waals surface area contributed by atoms with E-state index in [0.717, 1.165) is 5.69 Å². The Morgan fingerprint density at radius 3 is 1.38 bits per heavy atom. The van der Waals surface area contributed by atoms with Crippen LogP contribution < -0.4 is 20.2 Å². The van der Waals surface area contributed by atoms with Gasteiger partial charge in [0, 0.05) is 38.9 Å². The van der Waals surface area contributed by atoms with Gasteiger partial charge in [-0.2, -0.15) is 0 Å². The minimum atomic E-state index is -1.49. The molecule has 0 radical (unpaired) electrons. The molecule has 0 spiro atoms. The summed E-state index contributed by atoms with van der Waals surface area (Å²) < 4.78 is 0. The van der Waals surface area contributed by atoms with Gasteiger partial charge in [-0.15, -0.1) is 0 Å². The summed E-state index contributed by atoms with van der Waals surface area (Å²) in [4.78, 5) is 4.96. The Labute approximate surface area is 392 Å². The van der Waals surface area contributed by atoms with E-state index in [1.165, 1.54) is 110 Å². The van der Waals surface area contributed by atoms with E-state index < -0.39 is 16.1 Å². The lowest BCUT2D eigenvalue weighted by Gasteiger charge is -2.38. The molecule has 0 saturated carbocycles. The van der Waals surface area contributed by atoms with Crippen molar-refractivity contribution in [3.05, 3.63) is 205 Å². The minimum absolute atomic E-state index is 0.269. The summed E-state index contributed by atoms with van der Waals surface area (Å²) in [5.74, 6) is 0. The predicted octanol–water partition coefficient (Wildman–Crippen LogP) is 16.9. The van der Waals surface area contributed by atoms with Crippen molar-refractivity contribution in [2.45, 2.75) is 65.5 Å². The van der Waals surface area contributed by atoms with Gasteiger partial charge in [-0.1, -0.05) is 191 Å². The highest BCUT2D eigenvalue weighted by Crippen LogP contribution is 2.54. The topological polar surface area (TPSA) is 6.48 Å². The molecule has 0 atom stereocenters. The third-order valence-electron chi connectivity index (χ3n) is 14.5. The Kier molecular flexibility index (Phi) is 9.81. The van der Waals surface area contributed by atoms with Crippen molar-refractivity contribution in [1.82, 2.24) is 0 Å². The van der Waals surface area contributed by atoms with Crippen molar-refractivity contribution < 1.29 is 0 Å². The number of anilines is 6. The zero-order valence-corrected chi connectivity index (χ0v) is 41.8. The molecule has 0 saturated heterocycles. The first-order valence-electron chi connectivity index (χ1n) is 23.6. The van der Waals surface area contributed by atoms with E-state index in [1.54, 1.807) is 0 Å². The summed E-state index contributed by atoms with van der Waals surface area (Å²) in [5.41, 5.74) is 13.5. The van der Waals surface area contributed by atoms with E-state index in [1.807, 2.05) is 0 Å². The Balaban J connectivity index is 1.11. The highest BCUT2D eigenvalue weighted by molar-refractivity contribution is 6.89. The van der Waals surface area contributed by atoms with Crippen LogP contribution in [0.1, 0.15) is 30.5 Å². The van der Waals surface area contributed by atoms with E-state index in [-0.39, 0.29) is 5.41 Å². The number of rotatable bonds is 8. The zero-order valence-electron chi connectivity index (χ0n) is 39.8. The molecule has 4 heteroatoms. The highest BCUT2D eigenvalue weighted by Gasteiger charge is 2.36. The van der Waals surface area contributed by atoms with E-state index in [2.05, 4.69) is 258 Å². The second kappa shape index (κ2) is 15.4. The molecule has 2 nitrogen and oxygen atoms in total. The minimum Gasteiger partial charge on any atom is -0.310 e. The van der Waals surface area contributed by atoms with Gasteiger partial charge in [-0.05, 0) is 128 Å². The van der Waals surface area contributed by atoms with Crippen molar-refractivity contribution >= 4 is 104 Å². The Morgan fingerprint density at radius 2 is 0.833 bits per heavy atom. The van der Waals surface area contributed by atoms with Crippen LogP contribution in [0.5, 0.6) is 0 Å². The fourth-order valence-corrected chi connectivity index (χ4v) is 13.2. The van der Waals surface area contributed by atoms with Crippen LogP contribution >= 0.6 is 0 Å². The predicted molar refractivity (Wildman–Crippen MR) is 294 cm³/mol. The fraction of sp³-hybridized carbons (Fsp3) is 0.161. The van der Waals surface area contributed by atoms with Gasteiger partial charge in [0.2, 0.25) is 0 Å². The molecule has 324 valence electrons. The molecule has 0 bridgehead atoms. The number of nitrogens with zero attached hydrogens (tertiary/aromatic N) is 2. The molecular formula is C62H58N2Si2. The first-order chi connectivity index (χ1) is 31.7. The van der Waals surface area contributed by atoms with Gasteiger partial charge in [0.05, 0.1) is 27.5 Å². The van der Waals surface area contributed by atoms with Crippen LogP contribution in [0.25, 0.3) is 54.2 Å². The van der Waals surface area contributed by atoms with Crippen LogP contribution in [0.15, 0.2) is 188 Å². The highest BCUT2D eigenvalue weighted by atomic mass is 28.3. The van der Waals surface area contributed by atoms with Crippen molar-refractivity contribution in [1.29, 1.82) is 0 Å². The van der Waals surface area contributed by atoms with Gasteiger partial charge in [-0.25, -0.2) is 0 Å². The first-order valence-corrected chi connectivity index (χ1v) is 30.6. The Morgan fingerprint density at radius 1 is 0.379 bits per heavy atom. The summed E-state index contributed by atoms with van der Waals surface area (Å²) in [7, 11) is -2.98. The van der Waals surface area contributed by atoms with Gasteiger partial charge in [0.25, 0.3) is 0 Å². The number of aryl methyl sites for hydroxylation is 1. The fourth-order valence-electron chi connectivity index (χ4n) is 10.9. The lowest BCUT2D eigenvalue weighted by atomic mass is 9.67. The summed E-state index contributed by atoms with van der Waals surface area (Å²) in [6.45, 7) is 21.8. The summed E-state index contributed by atoms with van der Waals surface area (Å²) in [6.07, 6.45) is 0. The van der Waals surface area contributed by atoms with Gasteiger partial charge >= 0.3 is 0 Å². The molecule has 10 aromatic rings. The molecule has 0 aliphatic heterocycles. The molecule has 1 aliphatic rings. The number of hydrogen-bond donors (Lipinski definition) is 0. The molecule has 0 fully saturated rings. The second-order valence-electron chi connectivity index (χ2n) is 21.1. The van der Waals surface area contributed by atoms with Crippen LogP contribution in [-0.4, -0.2) is 16.1 Å². The third-order valence-corrected chi connectivity index (χ3v) is 18.7. The maximum absolute atomic E-state index is 2.49. The standard InChI is InChI=1S/C62H58N2Si2/c1-41-50-37-31-46(63(44-27-33-48(34-28-44)65(4,5)6)58-25-14-19-42-17-10-12-21-51(42)58)39-55(50)53-23-16-24-56-61(53)60(41)54-38-32-47(40-57(54)62(56,2)3)64(45-29-35-49(36-30-45)66(7,8)9)59-26-15-20-43-18-11-13-22-52(43)59/h10-40H,1-9H3.